The van der Waals surface area contributed by atoms with Crippen LogP contribution in [-0.2, 0) is 11.3 Å². The van der Waals surface area contributed by atoms with Crippen molar-refractivity contribution in [3.05, 3.63) is 58.1 Å². The van der Waals surface area contributed by atoms with Gasteiger partial charge < -0.3 is 15.9 Å². The molecule has 1 heterocycles. The summed E-state index contributed by atoms with van der Waals surface area (Å²) in [7, 11) is 1.61. The third kappa shape index (κ3) is 5.14. The van der Waals surface area contributed by atoms with Gasteiger partial charge in [-0.2, -0.15) is 0 Å². The zero-order valence-corrected chi connectivity index (χ0v) is 18.1. The number of nitrogens with two attached hydrogens (primary N) is 1. The monoisotopic (exact) mass is 451 g/mol. The third-order valence-electron chi connectivity index (χ3n) is 4.11. The number of methoxy groups -OCH3 is 1. The highest BCUT2D eigenvalue weighted by molar-refractivity contribution is 8.00. The number of carbonyl (C=O) groups is 1. The summed E-state index contributed by atoms with van der Waals surface area (Å²) in [4.78, 5) is 12.4. The normalized spacial score (nSPS) is 11.9. The van der Waals surface area contributed by atoms with Gasteiger partial charge >= 0.3 is 0 Å². The maximum atomic E-state index is 12.4. The summed E-state index contributed by atoms with van der Waals surface area (Å²) < 4.78 is 6.44. The Morgan fingerprint density at radius 1 is 1.24 bits per heavy atom. The van der Waals surface area contributed by atoms with Crippen LogP contribution in [0, 0.1) is 0 Å². The Hall–Kier alpha value is -2.42. The SMILES string of the molecule is COc1ccc(CNC(=O)[C@@H](C)Sc2nnc(-c3ccc(Cl)cc3Cl)n2N)cc1. The molecule has 0 saturated carbocycles. The molecule has 3 rings (SSSR count). The van der Waals surface area contributed by atoms with Crippen LogP contribution in [0.4, 0.5) is 0 Å². The van der Waals surface area contributed by atoms with Crippen LogP contribution in [0.25, 0.3) is 11.4 Å². The zero-order valence-electron chi connectivity index (χ0n) is 15.7. The molecular weight excluding hydrogens is 433 g/mol. The van der Waals surface area contributed by atoms with Crippen LogP contribution < -0.4 is 15.9 Å². The van der Waals surface area contributed by atoms with E-state index >= 15 is 0 Å². The summed E-state index contributed by atoms with van der Waals surface area (Å²) in [6.07, 6.45) is 0. The third-order valence-corrected chi connectivity index (χ3v) is 5.72. The second kappa shape index (κ2) is 9.39. The van der Waals surface area contributed by atoms with Gasteiger partial charge in [0.2, 0.25) is 11.1 Å². The molecule has 1 amide bonds. The van der Waals surface area contributed by atoms with E-state index in [1.807, 2.05) is 24.3 Å². The van der Waals surface area contributed by atoms with E-state index in [0.29, 0.717) is 33.1 Å². The second-order valence-electron chi connectivity index (χ2n) is 6.13. The fourth-order valence-corrected chi connectivity index (χ4v) is 3.79. The van der Waals surface area contributed by atoms with Crippen molar-refractivity contribution in [1.82, 2.24) is 20.2 Å². The number of thioether (sulfide) groups is 1. The van der Waals surface area contributed by atoms with E-state index in [1.54, 1.807) is 32.2 Å². The lowest BCUT2D eigenvalue weighted by Crippen LogP contribution is -2.30. The summed E-state index contributed by atoms with van der Waals surface area (Å²) in [5, 5.41) is 12.0. The Labute approximate surface area is 182 Å². The Morgan fingerprint density at radius 3 is 2.62 bits per heavy atom. The molecule has 1 atom stereocenters. The van der Waals surface area contributed by atoms with E-state index in [0.717, 1.165) is 11.3 Å². The number of nitrogens with one attached hydrogen (secondary N) is 1. The van der Waals surface area contributed by atoms with Crippen LogP contribution in [0.15, 0.2) is 47.6 Å². The second-order valence-corrected chi connectivity index (χ2v) is 8.28. The van der Waals surface area contributed by atoms with Gasteiger partial charge in [0.25, 0.3) is 0 Å². The molecule has 1 aromatic heterocycles. The molecule has 152 valence electrons. The first-order valence-corrected chi connectivity index (χ1v) is 10.3. The number of carbonyl (C=O) groups excluding carboxylic acids is 1. The predicted molar refractivity (Wildman–Crippen MR) is 116 cm³/mol. The lowest BCUT2D eigenvalue weighted by Gasteiger charge is -2.12. The maximum Gasteiger partial charge on any atom is 0.233 e. The zero-order chi connectivity index (χ0) is 21.0. The van der Waals surface area contributed by atoms with Gasteiger partial charge in [0.15, 0.2) is 5.82 Å². The lowest BCUT2D eigenvalue weighted by molar-refractivity contribution is -0.120. The summed E-state index contributed by atoms with van der Waals surface area (Å²) in [6, 6.07) is 12.5. The average molecular weight is 452 g/mol. The standard InChI is InChI=1S/C19H19Cl2N5O2S/c1-11(18(27)23-10-12-3-6-14(28-2)7-4-12)29-19-25-24-17(26(19)22)15-8-5-13(20)9-16(15)21/h3-9,11H,10,22H2,1-2H3,(H,23,27)/t11-/m1/s1. The molecule has 3 N–H and O–H groups in total. The van der Waals surface area contributed by atoms with Crippen molar-refractivity contribution in [1.29, 1.82) is 0 Å². The average Bonchev–Trinajstić information content (AvgIpc) is 3.06. The lowest BCUT2D eigenvalue weighted by atomic mass is 10.2. The molecule has 0 aliphatic heterocycles. The summed E-state index contributed by atoms with van der Waals surface area (Å²) in [5.41, 5.74) is 1.58. The van der Waals surface area contributed by atoms with Crippen molar-refractivity contribution in [2.45, 2.75) is 23.9 Å². The molecule has 0 fully saturated rings. The maximum absolute atomic E-state index is 12.4. The van der Waals surface area contributed by atoms with Crippen molar-refractivity contribution >= 4 is 40.9 Å². The van der Waals surface area contributed by atoms with E-state index in [1.165, 1.54) is 16.4 Å². The Morgan fingerprint density at radius 2 is 1.97 bits per heavy atom. The highest BCUT2D eigenvalue weighted by atomic mass is 35.5. The van der Waals surface area contributed by atoms with E-state index in [2.05, 4.69) is 15.5 Å². The highest BCUT2D eigenvalue weighted by Crippen LogP contribution is 2.31. The van der Waals surface area contributed by atoms with Crippen molar-refractivity contribution in [2.24, 2.45) is 0 Å². The van der Waals surface area contributed by atoms with Gasteiger partial charge in [-0.3, -0.25) is 4.79 Å². The number of hydrogen-bond donors (Lipinski definition) is 2. The molecule has 0 saturated heterocycles. The molecule has 3 aromatic rings. The minimum atomic E-state index is -0.423. The topological polar surface area (TPSA) is 95.1 Å². The molecule has 0 radical (unpaired) electrons. The van der Waals surface area contributed by atoms with E-state index in [-0.39, 0.29) is 5.91 Å². The number of nitrogens with zero attached hydrogens (tertiary/aromatic N) is 3. The summed E-state index contributed by atoms with van der Waals surface area (Å²) >= 11 is 13.4. The molecule has 0 spiro atoms. The van der Waals surface area contributed by atoms with Crippen molar-refractivity contribution in [2.75, 3.05) is 13.0 Å². The van der Waals surface area contributed by atoms with Crippen LogP contribution >= 0.6 is 35.0 Å². The van der Waals surface area contributed by atoms with Gasteiger partial charge in [0, 0.05) is 17.1 Å². The highest BCUT2D eigenvalue weighted by Gasteiger charge is 2.20. The summed E-state index contributed by atoms with van der Waals surface area (Å²) in [5.74, 6) is 7.14. The molecule has 0 aliphatic carbocycles. The van der Waals surface area contributed by atoms with Gasteiger partial charge in [-0.05, 0) is 42.8 Å². The first-order valence-electron chi connectivity index (χ1n) is 8.62. The van der Waals surface area contributed by atoms with Gasteiger partial charge in [-0.25, -0.2) is 4.68 Å². The van der Waals surface area contributed by atoms with Gasteiger partial charge in [-0.15, -0.1) is 10.2 Å². The quantitative estimate of drug-likeness (QED) is 0.419. The smallest absolute Gasteiger partial charge is 0.233 e. The predicted octanol–water partition coefficient (Wildman–Crippen LogP) is 3.77. The Bertz CT molecular complexity index is 1010. The van der Waals surface area contributed by atoms with Crippen LogP contribution in [-0.4, -0.2) is 33.1 Å². The number of ether oxygens (including phenoxy) is 1. The number of aromatic nitrogens is 3. The van der Waals surface area contributed by atoms with Crippen molar-refractivity contribution in [3.8, 4) is 17.1 Å². The Kier molecular flexibility index (Phi) is 6.89. The largest absolute Gasteiger partial charge is 0.497 e. The van der Waals surface area contributed by atoms with Gasteiger partial charge in [0.1, 0.15) is 5.75 Å². The summed E-state index contributed by atoms with van der Waals surface area (Å²) in [6.45, 7) is 2.19. The molecule has 10 heteroatoms. The molecule has 0 bridgehead atoms. The number of hydrogen-bond acceptors (Lipinski definition) is 6. The fraction of sp³-hybridized carbons (Fsp3) is 0.211. The van der Waals surface area contributed by atoms with Crippen LogP contribution in [0.2, 0.25) is 10.0 Å². The molecule has 2 aromatic carbocycles. The van der Waals surface area contributed by atoms with E-state index in [4.69, 9.17) is 33.8 Å². The van der Waals surface area contributed by atoms with Gasteiger partial charge in [0.05, 0.1) is 17.4 Å². The molecule has 0 unspecified atom stereocenters. The minimum Gasteiger partial charge on any atom is -0.497 e. The van der Waals surface area contributed by atoms with Gasteiger partial charge in [-0.1, -0.05) is 47.1 Å². The number of amides is 1. The number of benzene rings is 2. The Balaban J connectivity index is 1.63. The van der Waals surface area contributed by atoms with Crippen molar-refractivity contribution in [3.63, 3.8) is 0 Å². The number of halogens is 2. The fourth-order valence-electron chi connectivity index (χ4n) is 2.50. The first-order chi connectivity index (χ1) is 13.9. The van der Waals surface area contributed by atoms with Crippen LogP contribution in [0.1, 0.15) is 12.5 Å². The molecule has 7 nitrogen and oxygen atoms in total. The molecule has 29 heavy (non-hydrogen) atoms. The van der Waals surface area contributed by atoms with Crippen molar-refractivity contribution < 1.29 is 9.53 Å². The molecular formula is C19H19Cl2N5O2S. The number of nitrogen functional groups attached to an aromatic ring is 1. The first kappa shape index (κ1) is 21.3. The van der Waals surface area contributed by atoms with Crippen LogP contribution in [0.5, 0.6) is 5.75 Å². The number of rotatable bonds is 7. The van der Waals surface area contributed by atoms with Crippen LogP contribution in [0.3, 0.4) is 0 Å². The molecule has 0 aliphatic rings. The van der Waals surface area contributed by atoms with E-state index < -0.39 is 5.25 Å². The minimum absolute atomic E-state index is 0.139. The van der Waals surface area contributed by atoms with E-state index in [9.17, 15) is 4.79 Å².